The van der Waals surface area contributed by atoms with Gasteiger partial charge in [-0.15, -0.1) is 0 Å². The van der Waals surface area contributed by atoms with Crippen LogP contribution in [-0.4, -0.2) is 23.8 Å². The maximum atomic E-state index is 12.1. The fourth-order valence-electron chi connectivity index (χ4n) is 11.0. The molecular formula is C67H134O3. The largest absolute Gasteiger partial charge is 0.466 e. The van der Waals surface area contributed by atoms with E-state index in [2.05, 4.69) is 13.8 Å². The molecule has 0 aromatic heterocycles. The molecule has 70 heavy (non-hydrogen) atoms. The van der Waals surface area contributed by atoms with Crippen LogP contribution in [0.4, 0.5) is 0 Å². The van der Waals surface area contributed by atoms with E-state index in [9.17, 15) is 9.90 Å². The third-order valence-electron chi connectivity index (χ3n) is 16.1. The summed E-state index contributed by atoms with van der Waals surface area (Å²) in [5.74, 6) is 0.00985. The van der Waals surface area contributed by atoms with Gasteiger partial charge in [0, 0.05) is 6.42 Å². The van der Waals surface area contributed by atoms with Crippen LogP contribution in [0.2, 0.25) is 0 Å². The van der Waals surface area contributed by atoms with E-state index in [1.54, 1.807) is 0 Å². The van der Waals surface area contributed by atoms with Gasteiger partial charge in [0.15, 0.2) is 0 Å². The van der Waals surface area contributed by atoms with Crippen molar-refractivity contribution in [1.82, 2.24) is 0 Å². The molecule has 3 heteroatoms. The lowest BCUT2D eigenvalue weighted by molar-refractivity contribution is -0.143. The fraction of sp³-hybridized carbons (Fsp3) is 0.985. The van der Waals surface area contributed by atoms with Crippen molar-refractivity contribution in [3.63, 3.8) is 0 Å². The van der Waals surface area contributed by atoms with Crippen LogP contribution in [0.1, 0.15) is 412 Å². The van der Waals surface area contributed by atoms with E-state index in [0.717, 1.165) is 32.1 Å². The van der Waals surface area contributed by atoms with Crippen molar-refractivity contribution in [1.29, 1.82) is 0 Å². The number of esters is 1. The normalized spacial score (nSPS) is 12.1. The Labute approximate surface area is 443 Å². The zero-order valence-corrected chi connectivity index (χ0v) is 48.9. The maximum Gasteiger partial charge on any atom is 0.305 e. The molecule has 0 amide bonds. The van der Waals surface area contributed by atoms with Crippen molar-refractivity contribution >= 4 is 5.97 Å². The summed E-state index contributed by atoms with van der Waals surface area (Å²) in [5.41, 5.74) is 0. The predicted octanol–water partition coefficient (Wildman–Crippen LogP) is 24.1. The van der Waals surface area contributed by atoms with Crippen LogP contribution in [-0.2, 0) is 9.53 Å². The monoisotopic (exact) mass is 987 g/mol. The summed E-state index contributed by atoms with van der Waals surface area (Å²) in [7, 11) is 0. The quantitative estimate of drug-likeness (QED) is 0.0488. The molecule has 0 bridgehead atoms. The molecular weight excluding hydrogens is 853 g/mol. The van der Waals surface area contributed by atoms with E-state index in [0.29, 0.717) is 13.0 Å². The molecule has 0 fully saturated rings. The zero-order valence-electron chi connectivity index (χ0n) is 48.9. The molecule has 0 saturated heterocycles. The van der Waals surface area contributed by atoms with E-state index < -0.39 is 0 Å². The van der Waals surface area contributed by atoms with Crippen molar-refractivity contribution < 1.29 is 14.6 Å². The van der Waals surface area contributed by atoms with Crippen LogP contribution in [0.15, 0.2) is 0 Å². The topological polar surface area (TPSA) is 46.5 Å². The first-order chi connectivity index (χ1) is 34.7. The Bertz CT molecular complexity index is 918. The number of hydrogen-bond acceptors (Lipinski definition) is 3. The van der Waals surface area contributed by atoms with E-state index in [1.807, 2.05) is 0 Å². The maximum absolute atomic E-state index is 12.1. The van der Waals surface area contributed by atoms with Crippen molar-refractivity contribution in [2.75, 3.05) is 6.61 Å². The van der Waals surface area contributed by atoms with Gasteiger partial charge in [0.2, 0.25) is 0 Å². The minimum atomic E-state index is -0.0803. The molecule has 0 spiro atoms. The standard InChI is InChI=1S/C67H134O3/c1-3-5-7-9-10-11-12-13-14-15-16-17-18-19-20-21-22-23-24-25-26-27-28-29-30-31-32-33-34-35-36-37-38-39-40-41-42-43-44-45-46-47-48-51-54-57-61-65-70-67(69)64-60-56-53-50-49-52-55-59-63-66(68)62-58-8-6-4-2/h66,68H,3-65H2,1-2H3. The fourth-order valence-corrected chi connectivity index (χ4v) is 11.0. The van der Waals surface area contributed by atoms with Gasteiger partial charge in [0.05, 0.1) is 12.7 Å². The van der Waals surface area contributed by atoms with Gasteiger partial charge in [-0.2, -0.15) is 0 Å². The molecule has 0 rings (SSSR count). The smallest absolute Gasteiger partial charge is 0.305 e. The molecule has 420 valence electrons. The Morgan fingerprint density at radius 2 is 0.429 bits per heavy atom. The Morgan fingerprint density at radius 1 is 0.257 bits per heavy atom. The summed E-state index contributed by atoms with van der Waals surface area (Å²) in [4.78, 5) is 12.1. The highest BCUT2D eigenvalue weighted by Gasteiger charge is 2.06. The summed E-state index contributed by atoms with van der Waals surface area (Å²) in [6.07, 6.45) is 85.2. The first kappa shape index (κ1) is 69.4. The van der Waals surface area contributed by atoms with Gasteiger partial charge in [0.25, 0.3) is 0 Å². The molecule has 0 aromatic rings. The molecule has 0 aliphatic heterocycles. The first-order valence-electron chi connectivity index (χ1n) is 33.5. The molecule has 1 unspecified atom stereocenters. The third kappa shape index (κ3) is 63.5. The molecule has 0 heterocycles. The lowest BCUT2D eigenvalue weighted by Gasteiger charge is -2.10. The minimum Gasteiger partial charge on any atom is -0.466 e. The molecule has 1 atom stereocenters. The molecule has 0 radical (unpaired) electrons. The van der Waals surface area contributed by atoms with Gasteiger partial charge in [-0.3, -0.25) is 4.79 Å². The van der Waals surface area contributed by atoms with E-state index in [1.165, 1.54) is 360 Å². The van der Waals surface area contributed by atoms with Crippen LogP contribution in [0, 0.1) is 0 Å². The lowest BCUT2D eigenvalue weighted by Crippen LogP contribution is -2.06. The number of carbonyl (C=O) groups is 1. The van der Waals surface area contributed by atoms with Crippen molar-refractivity contribution in [3.05, 3.63) is 0 Å². The average molecular weight is 988 g/mol. The van der Waals surface area contributed by atoms with E-state index >= 15 is 0 Å². The molecule has 0 saturated carbocycles. The van der Waals surface area contributed by atoms with Crippen molar-refractivity contribution in [2.24, 2.45) is 0 Å². The second-order valence-corrected chi connectivity index (χ2v) is 23.4. The minimum absolute atomic E-state index is 0.00985. The van der Waals surface area contributed by atoms with Gasteiger partial charge >= 0.3 is 5.97 Å². The summed E-state index contributed by atoms with van der Waals surface area (Å²) in [6.45, 7) is 5.16. The van der Waals surface area contributed by atoms with Gasteiger partial charge in [-0.1, -0.05) is 380 Å². The first-order valence-corrected chi connectivity index (χ1v) is 33.5. The number of aliphatic hydroxyl groups is 1. The number of aliphatic hydroxyl groups excluding tert-OH is 1. The Hall–Kier alpha value is -0.570. The van der Waals surface area contributed by atoms with Crippen LogP contribution in [0.5, 0.6) is 0 Å². The van der Waals surface area contributed by atoms with Crippen LogP contribution in [0.3, 0.4) is 0 Å². The second-order valence-electron chi connectivity index (χ2n) is 23.4. The molecule has 3 nitrogen and oxygen atoms in total. The summed E-state index contributed by atoms with van der Waals surface area (Å²) < 4.78 is 5.49. The van der Waals surface area contributed by atoms with Crippen LogP contribution < -0.4 is 0 Å². The summed E-state index contributed by atoms with van der Waals surface area (Å²) in [5, 5.41) is 10.1. The van der Waals surface area contributed by atoms with Gasteiger partial charge in [-0.05, 0) is 25.7 Å². The van der Waals surface area contributed by atoms with Gasteiger partial charge in [-0.25, -0.2) is 0 Å². The van der Waals surface area contributed by atoms with Crippen molar-refractivity contribution in [3.8, 4) is 0 Å². The average Bonchev–Trinajstić information content (AvgIpc) is 3.36. The predicted molar refractivity (Wildman–Crippen MR) is 315 cm³/mol. The lowest BCUT2D eigenvalue weighted by atomic mass is 10.0. The SMILES string of the molecule is CCCCCCCCCCCCCCCCCCCCCCCCCCCCCCCCCCCCCCCCCCCCCCCCCOC(=O)CCCCCCCCCCC(O)CCCCCC. The molecule has 0 aliphatic carbocycles. The molecule has 1 N–H and O–H groups in total. The highest BCUT2D eigenvalue weighted by Crippen LogP contribution is 2.20. The summed E-state index contributed by atoms with van der Waals surface area (Å²) >= 11 is 0. The molecule has 0 aromatic carbocycles. The van der Waals surface area contributed by atoms with Crippen LogP contribution in [0.25, 0.3) is 0 Å². The number of unbranched alkanes of at least 4 members (excludes halogenated alkanes) is 56. The molecule has 0 aliphatic rings. The zero-order chi connectivity index (χ0) is 50.4. The Kier molecular flexibility index (Phi) is 64.0. The highest BCUT2D eigenvalue weighted by molar-refractivity contribution is 5.69. The van der Waals surface area contributed by atoms with E-state index in [4.69, 9.17) is 4.74 Å². The van der Waals surface area contributed by atoms with Gasteiger partial charge in [0.1, 0.15) is 0 Å². The highest BCUT2D eigenvalue weighted by atomic mass is 16.5. The number of hydrogen-bond donors (Lipinski definition) is 1. The Balaban J connectivity index is 3.14. The number of ether oxygens (including phenoxy) is 1. The van der Waals surface area contributed by atoms with Crippen LogP contribution >= 0.6 is 0 Å². The van der Waals surface area contributed by atoms with E-state index in [-0.39, 0.29) is 12.1 Å². The third-order valence-corrected chi connectivity index (χ3v) is 16.1. The number of rotatable bonds is 64. The van der Waals surface area contributed by atoms with Gasteiger partial charge < -0.3 is 9.84 Å². The second kappa shape index (κ2) is 64.5. The Morgan fingerprint density at radius 3 is 0.657 bits per heavy atom. The van der Waals surface area contributed by atoms with Crippen molar-refractivity contribution in [2.45, 2.75) is 418 Å². The number of carbonyl (C=O) groups excluding carboxylic acids is 1. The summed E-state index contributed by atoms with van der Waals surface area (Å²) in [6, 6.07) is 0.